The summed E-state index contributed by atoms with van der Waals surface area (Å²) in [6, 6.07) is 0. The van der Waals surface area contributed by atoms with Gasteiger partial charge >= 0.3 is 5.90 Å². The zero-order valence-electron chi connectivity index (χ0n) is 12.6. The maximum Gasteiger partial charge on any atom is 0.334 e. The van der Waals surface area contributed by atoms with Gasteiger partial charge in [0, 0.05) is 27.8 Å². The van der Waals surface area contributed by atoms with E-state index in [1.54, 1.807) is 7.11 Å². The molecule has 0 aliphatic carbocycles. The minimum atomic E-state index is 0. The van der Waals surface area contributed by atoms with Crippen LogP contribution in [0.3, 0.4) is 0 Å². The van der Waals surface area contributed by atoms with Crippen LogP contribution in [0.5, 0.6) is 0 Å². The topological polar surface area (TPSA) is 121 Å². The summed E-state index contributed by atoms with van der Waals surface area (Å²) in [5, 5.41) is 17.8. The summed E-state index contributed by atoms with van der Waals surface area (Å²) in [6.07, 6.45) is 10.0. The smallest absolute Gasteiger partial charge is 0.334 e. The van der Waals surface area contributed by atoms with Crippen LogP contribution >= 0.6 is 0 Å². The van der Waals surface area contributed by atoms with Crippen LogP contribution in [0.4, 0.5) is 0 Å². The van der Waals surface area contributed by atoms with E-state index in [4.69, 9.17) is 15.3 Å². The predicted octanol–water partition coefficient (Wildman–Crippen LogP) is -0.383. The van der Waals surface area contributed by atoms with E-state index in [0.29, 0.717) is 0 Å². The van der Waals surface area contributed by atoms with Crippen LogP contribution in [0.15, 0.2) is 4.99 Å². The van der Waals surface area contributed by atoms with Gasteiger partial charge in [-0.05, 0) is 19.3 Å². The van der Waals surface area contributed by atoms with Gasteiger partial charge in [-0.15, -0.1) is 0 Å². The summed E-state index contributed by atoms with van der Waals surface area (Å²) in [6.45, 7) is 1.97. The highest BCUT2D eigenvalue weighted by Gasteiger charge is 2.09. The Hall–Kier alpha value is -2.22. The first-order chi connectivity index (χ1) is 9.78. The fourth-order valence-corrected chi connectivity index (χ4v) is 1.76. The van der Waals surface area contributed by atoms with Crippen molar-refractivity contribution in [1.82, 2.24) is 5.32 Å². The molecule has 2 aliphatic heterocycles. The van der Waals surface area contributed by atoms with E-state index >= 15 is 0 Å². The van der Waals surface area contributed by atoms with Gasteiger partial charge < -0.3 is 10.5 Å². The monoisotopic (exact) mass is 306 g/mol. The molecule has 0 aromatic carbocycles. The molecule has 0 saturated carbocycles. The van der Waals surface area contributed by atoms with Crippen LogP contribution in [-0.2, 0) is 4.74 Å². The molecule has 7 nitrogen and oxygen atoms in total. The molecule has 121 valence electrons. The van der Waals surface area contributed by atoms with E-state index in [9.17, 15) is 0 Å². The normalized spacial score (nSPS) is 14.9. The van der Waals surface area contributed by atoms with Crippen molar-refractivity contribution in [2.24, 2.45) is 10.7 Å². The predicted molar refractivity (Wildman–Crippen MR) is 88.9 cm³/mol. The van der Waals surface area contributed by atoms with Gasteiger partial charge in [0.15, 0.2) is 12.4 Å². The molecule has 4 N–H and O–H groups in total. The summed E-state index contributed by atoms with van der Waals surface area (Å²) >= 11 is 0. The Labute approximate surface area is 135 Å². The number of ether oxygens (including phenoxy) is 1. The lowest BCUT2D eigenvalue weighted by molar-refractivity contribution is -0.474. The second-order valence-electron chi connectivity index (χ2n) is 4.16. The third kappa shape index (κ3) is 14.2. The summed E-state index contributed by atoms with van der Waals surface area (Å²) in [4.78, 5) is 7.27. The maximum atomic E-state index is 8.18. The van der Waals surface area contributed by atoms with Crippen LogP contribution in [0, 0.1) is 22.9 Å². The first kappa shape index (κ1) is 24.8. The third-order valence-electron chi connectivity index (χ3n) is 2.72. The van der Waals surface area contributed by atoms with E-state index < -0.39 is 0 Å². The van der Waals surface area contributed by atoms with Gasteiger partial charge in [-0.1, -0.05) is 7.43 Å². The standard InChI is InChI=1S/C6H9N3.C6H11NO.CH2N2.CH4.B/c7-5-9-6-3-1-2-4-8-6;1-8-6-4-2-3-5-7-6;2-1-3;;/h1-4H2,(H,8,9);2-5H2,1H3;2H2;1H4;/p+1. The van der Waals surface area contributed by atoms with Gasteiger partial charge in [0.05, 0.1) is 13.5 Å². The summed E-state index contributed by atoms with van der Waals surface area (Å²) < 4.78 is 5.00. The van der Waals surface area contributed by atoms with Crippen molar-refractivity contribution in [3.8, 4) is 12.4 Å². The molecule has 0 amide bonds. The molecule has 0 aromatic rings. The van der Waals surface area contributed by atoms with Gasteiger partial charge in [0.1, 0.15) is 12.4 Å². The second-order valence-corrected chi connectivity index (χ2v) is 4.16. The number of nitrogens with one attached hydrogen (secondary N) is 2. The van der Waals surface area contributed by atoms with Crippen molar-refractivity contribution < 1.29 is 9.73 Å². The van der Waals surface area contributed by atoms with Crippen LogP contribution < -0.4 is 16.0 Å². The molecule has 2 aliphatic rings. The fourth-order valence-electron chi connectivity index (χ4n) is 1.76. The molecule has 0 fully saturated rings. The Bertz CT molecular complexity index is 397. The number of hydrogen-bond donors (Lipinski definition) is 3. The van der Waals surface area contributed by atoms with E-state index in [0.717, 1.165) is 50.5 Å². The molecule has 22 heavy (non-hydrogen) atoms. The lowest BCUT2D eigenvalue weighted by Gasteiger charge is -2.07. The van der Waals surface area contributed by atoms with E-state index in [1.807, 2.05) is 6.19 Å². The lowest BCUT2D eigenvalue weighted by atomic mass is 10.2. The number of amidine groups is 1. The maximum absolute atomic E-state index is 8.18. The number of rotatable bonds is 0. The largest absolute Gasteiger partial charge is 0.451 e. The molecule has 0 bridgehead atoms. The number of nitrogens with two attached hydrogens (primary N) is 1. The zero-order chi connectivity index (χ0) is 15.1. The molecular formula is C14H27BN6O+. The number of aliphatic imine (C=N–C) groups is 1. The summed E-state index contributed by atoms with van der Waals surface area (Å²) in [7, 11) is 1.72. The summed E-state index contributed by atoms with van der Waals surface area (Å²) in [5.74, 6) is 1.90. The highest BCUT2D eigenvalue weighted by molar-refractivity contribution is 5.83. The lowest BCUT2D eigenvalue weighted by Crippen LogP contribution is -2.75. The first-order valence-corrected chi connectivity index (χ1v) is 6.70. The highest BCUT2D eigenvalue weighted by Crippen LogP contribution is 2.02. The second kappa shape index (κ2) is 18.8. The van der Waals surface area contributed by atoms with E-state index in [1.165, 1.54) is 19.0 Å². The molecule has 8 heteroatoms. The number of methoxy groups -OCH3 is 1. The minimum absolute atomic E-state index is 0. The molecule has 0 saturated heterocycles. The molecule has 2 heterocycles. The van der Waals surface area contributed by atoms with Crippen LogP contribution in [0.1, 0.15) is 46.0 Å². The van der Waals surface area contributed by atoms with Crippen molar-refractivity contribution in [3.63, 3.8) is 0 Å². The average molecular weight is 306 g/mol. The number of nitriles is 2. The molecule has 0 unspecified atom stereocenters. The summed E-state index contributed by atoms with van der Waals surface area (Å²) in [5.41, 5.74) is 4.15. The Morgan fingerprint density at radius 1 is 1.23 bits per heavy atom. The van der Waals surface area contributed by atoms with Crippen molar-refractivity contribution in [3.05, 3.63) is 0 Å². The van der Waals surface area contributed by atoms with Crippen molar-refractivity contribution in [2.75, 3.05) is 20.2 Å². The van der Waals surface area contributed by atoms with Gasteiger partial charge in [0.25, 0.3) is 0 Å². The van der Waals surface area contributed by atoms with Gasteiger partial charge in [-0.25, -0.2) is 4.99 Å². The fraction of sp³-hybridized carbons (Fsp3) is 0.714. The molecule has 0 aromatic heterocycles. The van der Waals surface area contributed by atoms with Crippen LogP contribution in [-0.4, -0.2) is 40.3 Å². The highest BCUT2D eigenvalue weighted by atomic mass is 16.5. The quantitative estimate of drug-likeness (QED) is 0.320. The van der Waals surface area contributed by atoms with E-state index in [-0.39, 0.29) is 15.8 Å². The SMILES string of the molecule is C.COC1=[NH+]CCCC1.N#CN.N#CNC1=NCCCC1.[B]. The van der Waals surface area contributed by atoms with Crippen LogP contribution in [0.25, 0.3) is 0 Å². The molecule has 0 spiro atoms. The van der Waals surface area contributed by atoms with E-state index in [2.05, 4.69) is 21.0 Å². The third-order valence-corrected chi connectivity index (χ3v) is 2.72. The Morgan fingerprint density at radius 3 is 2.23 bits per heavy atom. The Morgan fingerprint density at radius 2 is 1.86 bits per heavy atom. The first-order valence-electron chi connectivity index (χ1n) is 6.70. The number of nitrogens with zero attached hydrogens (tertiary/aromatic N) is 3. The van der Waals surface area contributed by atoms with Crippen molar-refractivity contribution in [2.45, 2.75) is 46.0 Å². The number of hydrogen-bond acceptors (Lipinski definition) is 6. The minimum Gasteiger partial charge on any atom is -0.451 e. The molecular weight excluding hydrogens is 279 g/mol. The van der Waals surface area contributed by atoms with Gasteiger partial charge in [-0.3, -0.25) is 10.3 Å². The zero-order valence-corrected chi connectivity index (χ0v) is 12.6. The van der Waals surface area contributed by atoms with Gasteiger partial charge in [0.2, 0.25) is 0 Å². The van der Waals surface area contributed by atoms with Gasteiger partial charge in [-0.2, -0.15) is 10.5 Å². The molecule has 2 rings (SSSR count). The molecule has 0 atom stereocenters. The molecule has 3 radical (unpaired) electrons. The van der Waals surface area contributed by atoms with Crippen molar-refractivity contribution in [1.29, 1.82) is 10.5 Å². The Kier molecular flexibility index (Phi) is 21.2. The Balaban J connectivity index is -0.000000260. The average Bonchev–Trinajstić information content (AvgIpc) is 2.51. The van der Waals surface area contributed by atoms with Crippen molar-refractivity contribution >= 4 is 20.1 Å². The van der Waals surface area contributed by atoms with Crippen LogP contribution in [0.2, 0.25) is 0 Å².